The number of likely N-dealkylation sites (tertiary alicyclic amines) is 1. The van der Waals surface area contributed by atoms with Crippen LogP contribution in [0.4, 0.5) is 0 Å². The van der Waals surface area contributed by atoms with Crippen LogP contribution in [0.5, 0.6) is 0 Å². The number of thiophene rings is 1. The normalized spacial score (nSPS) is 15.6. The third-order valence-corrected chi connectivity index (χ3v) is 7.44. The Morgan fingerprint density at radius 2 is 1.90 bits per heavy atom. The predicted octanol–water partition coefficient (Wildman–Crippen LogP) is 4.37. The molecule has 1 aliphatic rings. The Labute approximate surface area is 191 Å². The summed E-state index contributed by atoms with van der Waals surface area (Å²) in [4.78, 5) is 33.9. The summed E-state index contributed by atoms with van der Waals surface area (Å²) >= 11 is 3.06. The Hall–Kier alpha value is -2.51. The second kappa shape index (κ2) is 10.2. The van der Waals surface area contributed by atoms with Crippen molar-refractivity contribution in [1.82, 2.24) is 14.8 Å². The number of rotatable bonds is 7. The molecule has 0 radical (unpaired) electrons. The Balaban J connectivity index is 1.44. The SMILES string of the molecule is CN(C(=O)c1ccsc1)[C@@H](Cc1ccccc1)C1CCN(C(=O)Cc2cscn2)CC1. The molecule has 0 aliphatic carbocycles. The number of aromatic nitrogens is 1. The van der Waals surface area contributed by atoms with Gasteiger partial charge in [0.25, 0.3) is 5.91 Å². The van der Waals surface area contributed by atoms with Gasteiger partial charge in [-0.3, -0.25) is 9.59 Å². The molecule has 0 unspecified atom stereocenters. The zero-order chi connectivity index (χ0) is 21.6. The minimum atomic E-state index is 0.0734. The van der Waals surface area contributed by atoms with Crippen molar-refractivity contribution in [3.63, 3.8) is 0 Å². The van der Waals surface area contributed by atoms with E-state index in [0.717, 1.165) is 43.6 Å². The molecule has 0 N–H and O–H groups in total. The summed E-state index contributed by atoms with van der Waals surface area (Å²) in [6.45, 7) is 1.47. The molecule has 1 fully saturated rings. The van der Waals surface area contributed by atoms with E-state index in [-0.39, 0.29) is 17.9 Å². The minimum Gasteiger partial charge on any atom is -0.342 e. The van der Waals surface area contributed by atoms with Crippen molar-refractivity contribution < 1.29 is 9.59 Å². The van der Waals surface area contributed by atoms with Gasteiger partial charge in [-0.2, -0.15) is 11.3 Å². The van der Waals surface area contributed by atoms with Crippen LogP contribution in [-0.4, -0.2) is 52.8 Å². The van der Waals surface area contributed by atoms with E-state index in [1.54, 1.807) is 16.8 Å². The van der Waals surface area contributed by atoms with E-state index in [9.17, 15) is 9.59 Å². The maximum absolute atomic E-state index is 13.1. The third kappa shape index (κ3) is 5.40. The molecular formula is C24H27N3O2S2. The van der Waals surface area contributed by atoms with Gasteiger partial charge >= 0.3 is 0 Å². The number of thiazole rings is 1. The maximum Gasteiger partial charge on any atom is 0.254 e. The first-order valence-corrected chi connectivity index (χ1v) is 12.5. The molecule has 5 nitrogen and oxygen atoms in total. The highest BCUT2D eigenvalue weighted by Gasteiger charge is 2.33. The van der Waals surface area contributed by atoms with Crippen molar-refractivity contribution in [2.45, 2.75) is 31.7 Å². The van der Waals surface area contributed by atoms with Crippen LogP contribution in [0.1, 0.15) is 34.5 Å². The van der Waals surface area contributed by atoms with Gasteiger partial charge in [0.1, 0.15) is 0 Å². The van der Waals surface area contributed by atoms with Crippen LogP contribution < -0.4 is 0 Å². The average Bonchev–Trinajstić information content (AvgIpc) is 3.52. The molecular weight excluding hydrogens is 426 g/mol. The number of hydrogen-bond donors (Lipinski definition) is 0. The molecule has 31 heavy (non-hydrogen) atoms. The van der Waals surface area contributed by atoms with Gasteiger partial charge in [-0.25, -0.2) is 4.98 Å². The Kier molecular flexibility index (Phi) is 7.14. The van der Waals surface area contributed by atoms with Gasteiger partial charge in [0.15, 0.2) is 0 Å². The maximum atomic E-state index is 13.1. The molecule has 1 aliphatic heterocycles. The van der Waals surface area contributed by atoms with Gasteiger partial charge in [-0.05, 0) is 42.2 Å². The highest BCUT2D eigenvalue weighted by atomic mass is 32.1. The van der Waals surface area contributed by atoms with Crippen molar-refractivity contribution in [2.24, 2.45) is 5.92 Å². The van der Waals surface area contributed by atoms with E-state index < -0.39 is 0 Å². The van der Waals surface area contributed by atoms with Gasteiger partial charge in [0.05, 0.1) is 23.2 Å². The molecule has 3 heterocycles. The van der Waals surface area contributed by atoms with E-state index in [2.05, 4.69) is 17.1 Å². The first-order chi connectivity index (χ1) is 15.1. The number of nitrogens with zero attached hydrogens (tertiary/aromatic N) is 3. The van der Waals surface area contributed by atoms with Gasteiger partial charge in [0.2, 0.25) is 5.91 Å². The fraction of sp³-hybridized carbons (Fsp3) is 0.375. The van der Waals surface area contributed by atoms with E-state index in [4.69, 9.17) is 0 Å². The van der Waals surface area contributed by atoms with Crippen molar-refractivity contribution in [2.75, 3.05) is 20.1 Å². The van der Waals surface area contributed by atoms with Crippen LogP contribution in [0.3, 0.4) is 0 Å². The zero-order valence-electron chi connectivity index (χ0n) is 17.6. The lowest BCUT2D eigenvalue weighted by Gasteiger charge is -2.40. The molecule has 0 bridgehead atoms. The average molecular weight is 454 g/mol. The van der Waals surface area contributed by atoms with E-state index in [1.807, 2.05) is 57.3 Å². The zero-order valence-corrected chi connectivity index (χ0v) is 19.3. The summed E-state index contributed by atoms with van der Waals surface area (Å²) in [5.74, 6) is 0.576. The quantitative estimate of drug-likeness (QED) is 0.534. The van der Waals surface area contributed by atoms with Crippen molar-refractivity contribution in [3.8, 4) is 0 Å². The lowest BCUT2D eigenvalue weighted by Crippen LogP contribution is -2.48. The Bertz CT molecular complexity index is 966. The smallest absolute Gasteiger partial charge is 0.254 e. The monoisotopic (exact) mass is 453 g/mol. The number of carbonyl (C=O) groups is 2. The molecule has 1 atom stereocenters. The van der Waals surface area contributed by atoms with E-state index in [0.29, 0.717) is 12.3 Å². The van der Waals surface area contributed by atoms with Crippen LogP contribution in [0, 0.1) is 5.92 Å². The standard InChI is InChI=1S/C24H27N3O2S2/c1-26(24(29)20-9-12-30-15-20)22(13-18-5-3-2-4-6-18)19-7-10-27(11-8-19)23(28)14-21-16-31-17-25-21/h2-6,9,12,15-17,19,22H,7-8,10-11,13-14H2,1H3/t22-/m0/s1. The number of benzene rings is 1. The predicted molar refractivity (Wildman–Crippen MR) is 125 cm³/mol. The summed E-state index contributed by atoms with van der Waals surface area (Å²) in [5.41, 5.74) is 4.60. The molecule has 4 rings (SSSR count). The highest BCUT2D eigenvalue weighted by Crippen LogP contribution is 2.28. The minimum absolute atomic E-state index is 0.0734. The summed E-state index contributed by atoms with van der Waals surface area (Å²) in [7, 11) is 1.92. The number of piperidine rings is 1. The van der Waals surface area contributed by atoms with E-state index >= 15 is 0 Å². The number of carbonyl (C=O) groups excluding carboxylic acids is 2. The van der Waals surface area contributed by atoms with Crippen LogP contribution in [-0.2, 0) is 17.6 Å². The van der Waals surface area contributed by atoms with E-state index in [1.165, 1.54) is 16.9 Å². The molecule has 7 heteroatoms. The second-order valence-corrected chi connectivity index (χ2v) is 9.56. The fourth-order valence-corrected chi connectivity index (χ4v) is 5.53. The third-order valence-electron chi connectivity index (χ3n) is 6.13. The van der Waals surface area contributed by atoms with Crippen LogP contribution in [0.25, 0.3) is 0 Å². The van der Waals surface area contributed by atoms with Gasteiger partial charge in [-0.15, -0.1) is 11.3 Å². The topological polar surface area (TPSA) is 53.5 Å². The van der Waals surface area contributed by atoms with Gasteiger partial charge in [0, 0.05) is 36.9 Å². The largest absolute Gasteiger partial charge is 0.342 e. The molecule has 0 spiro atoms. The summed E-state index contributed by atoms with van der Waals surface area (Å²) < 4.78 is 0. The van der Waals surface area contributed by atoms with Crippen LogP contribution >= 0.6 is 22.7 Å². The number of amides is 2. The number of likely N-dealkylation sites (N-methyl/N-ethyl adjacent to an activating group) is 1. The molecule has 1 saturated heterocycles. The first kappa shape index (κ1) is 21.7. The molecule has 2 aromatic heterocycles. The fourth-order valence-electron chi connectivity index (χ4n) is 4.34. The van der Waals surface area contributed by atoms with Crippen molar-refractivity contribution in [3.05, 3.63) is 74.9 Å². The van der Waals surface area contributed by atoms with Gasteiger partial charge < -0.3 is 9.80 Å². The molecule has 1 aromatic carbocycles. The molecule has 2 amide bonds. The number of hydrogen-bond acceptors (Lipinski definition) is 5. The van der Waals surface area contributed by atoms with Crippen LogP contribution in [0.15, 0.2) is 58.0 Å². The lowest BCUT2D eigenvalue weighted by atomic mass is 9.84. The van der Waals surface area contributed by atoms with Gasteiger partial charge in [-0.1, -0.05) is 30.3 Å². The second-order valence-electron chi connectivity index (χ2n) is 8.06. The van der Waals surface area contributed by atoms with Crippen molar-refractivity contribution >= 4 is 34.5 Å². The Morgan fingerprint density at radius 3 is 2.55 bits per heavy atom. The molecule has 3 aromatic rings. The van der Waals surface area contributed by atoms with Crippen molar-refractivity contribution in [1.29, 1.82) is 0 Å². The van der Waals surface area contributed by atoms with Crippen LogP contribution in [0.2, 0.25) is 0 Å². The first-order valence-electron chi connectivity index (χ1n) is 10.6. The Morgan fingerprint density at radius 1 is 1.13 bits per heavy atom. The summed E-state index contributed by atoms with van der Waals surface area (Å²) in [5, 5.41) is 5.80. The summed E-state index contributed by atoms with van der Waals surface area (Å²) in [6.07, 6.45) is 3.01. The molecule has 0 saturated carbocycles. The summed E-state index contributed by atoms with van der Waals surface area (Å²) in [6, 6.07) is 12.4. The molecule has 162 valence electrons. The lowest BCUT2D eigenvalue weighted by molar-refractivity contribution is -0.132. The highest BCUT2D eigenvalue weighted by molar-refractivity contribution is 7.08.